The summed E-state index contributed by atoms with van der Waals surface area (Å²) in [6.45, 7) is 4.28. The number of benzene rings is 1. The molecule has 3 heterocycles. The smallest absolute Gasteiger partial charge is 0.301 e. The summed E-state index contributed by atoms with van der Waals surface area (Å²) in [6.07, 6.45) is 4.06. The van der Waals surface area contributed by atoms with Gasteiger partial charge in [-0.05, 0) is 38.2 Å². The molecular weight excluding hydrogens is 406 g/mol. The summed E-state index contributed by atoms with van der Waals surface area (Å²) < 4.78 is 9.08. The van der Waals surface area contributed by atoms with E-state index in [1.54, 1.807) is 11.5 Å². The largest absolute Gasteiger partial charge is 0.462 e. The Labute approximate surface area is 187 Å². The highest BCUT2D eigenvalue weighted by atomic mass is 16.5. The zero-order valence-corrected chi connectivity index (χ0v) is 18.5. The molecule has 1 N–H and O–H groups in total. The Kier molecular flexibility index (Phi) is 7.07. The molecule has 0 aliphatic carbocycles. The van der Waals surface area contributed by atoms with Gasteiger partial charge in [0.1, 0.15) is 6.61 Å². The SMILES string of the molecule is CC#CCn1c(N2CCCCC2)nc2nc(OCCO)n(CCc3ccccc3)c(=O)c21. The van der Waals surface area contributed by atoms with E-state index in [1.165, 1.54) is 6.42 Å². The van der Waals surface area contributed by atoms with Crippen LogP contribution in [0.3, 0.4) is 0 Å². The van der Waals surface area contributed by atoms with Crippen molar-refractivity contribution in [2.75, 3.05) is 31.2 Å². The van der Waals surface area contributed by atoms with Gasteiger partial charge in [-0.1, -0.05) is 36.3 Å². The van der Waals surface area contributed by atoms with Crippen molar-refractivity contribution in [2.24, 2.45) is 0 Å². The third kappa shape index (κ3) is 4.63. The molecule has 1 aliphatic heterocycles. The Balaban J connectivity index is 1.81. The van der Waals surface area contributed by atoms with E-state index in [4.69, 9.17) is 9.72 Å². The molecule has 4 rings (SSSR count). The molecule has 0 unspecified atom stereocenters. The number of anilines is 1. The van der Waals surface area contributed by atoms with Crippen molar-refractivity contribution in [1.82, 2.24) is 19.1 Å². The molecule has 32 heavy (non-hydrogen) atoms. The number of rotatable bonds is 8. The predicted octanol–water partition coefficient (Wildman–Crippen LogP) is 2.22. The number of aliphatic hydroxyl groups is 1. The van der Waals surface area contributed by atoms with Crippen LogP contribution in [0.5, 0.6) is 6.01 Å². The first-order valence-electron chi connectivity index (χ1n) is 11.2. The molecule has 0 bridgehead atoms. The molecule has 0 spiro atoms. The molecular formula is C24H29N5O3. The van der Waals surface area contributed by atoms with E-state index >= 15 is 0 Å². The summed E-state index contributed by atoms with van der Waals surface area (Å²) >= 11 is 0. The molecule has 0 saturated carbocycles. The fraction of sp³-hybridized carbons (Fsp3) is 0.458. The number of aromatic nitrogens is 4. The summed E-state index contributed by atoms with van der Waals surface area (Å²) in [5, 5.41) is 9.24. The second kappa shape index (κ2) is 10.3. The predicted molar refractivity (Wildman–Crippen MR) is 124 cm³/mol. The van der Waals surface area contributed by atoms with Gasteiger partial charge in [0.15, 0.2) is 11.2 Å². The summed E-state index contributed by atoms with van der Waals surface area (Å²) in [5.74, 6) is 6.74. The molecule has 1 aromatic carbocycles. The van der Waals surface area contributed by atoms with Gasteiger partial charge in [0, 0.05) is 19.6 Å². The maximum atomic E-state index is 13.7. The molecule has 8 nitrogen and oxygen atoms in total. The number of nitrogens with zero attached hydrogens (tertiary/aromatic N) is 5. The third-order valence-electron chi connectivity index (χ3n) is 5.65. The van der Waals surface area contributed by atoms with Crippen LogP contribution in [0.4, 0.5) is 5.95 Å². The maximum absolute atomic E-state index is 13.7. The number of aliphatic hydroxyl groups excluding tert-OH is 1. The Hall–Kier alpha value is -3.31. The van der Waals surface area contributed by atoms with Crippen LogP contribution in [0.1, 0.15) is 31.7 Å². The normalized spacial score (nSPS) is 13.8. The number of imidazole rings is 1. The lowest BCUT2D eigenvalue weighted by atomic mass is 10.1. The van der Waals surface area contributed by atoms with E-state index in [0.29, 0.717) is 30.7 Å². The molecule has 8 heteroatoms. The lowest BCUT2D eigenvalue weighted by Gasteiger charge is -2.27. The van der Waals surface area contributed by atoms with Gasteiger partial charge >= 0.3 is 6.01 Å². The van der Waals surface area contributed by atoms with Crippen molar-refractivity contribution in [1.29, 1.82) is 0 Å². The monoisotopic (exact) mass is 435 g/mol. The van der Waals surface area contributed by atoms with Gasteiger partial charge in [0.2, 0.25) is 5.95 Å². The summed E-state index contributed by atoms with van der Waals surface area (Å²) in [5.41, 5.74) is 1.72. The highest BCUT2D eigenvalue weighted by Gasteiger charge is 2.24. The average molecular weight is 436 g/mol. The Morgan fingerprint density at radius 1 is 1.09 bits per heavy atom. The lowest BCUT2D eigenvalue weighted by molar-refractivity contribution is 0.184. The summed E-state index contributed by atoms with van der Waals surface area (Å²) in [6, 6.07) is 10.2. The van der Waals surface area contributed by atoms with Crippen LogP contribution >= 0.6 is 0 Å². The zero-order valence-electron chi connectivity index (χ0n) is 18.5. The lowest BCUT2D eigenvalue weighted by Crippen LogP contribution is -2.32. The molecule has 2 aromatic heterocycles. The highest BCUT2D eigenvalue weighted by Crippen LogP contribution is 2.24. The van der Waals surface area contributed by atoms with E-state index in [-0.39, 0.29) is 24.8 Å². The van der Waals surface area contributed by atoms with Gasteiger partial charge in [-0.3, -0.25) is 13.9 Å². The van der Waals surface area contributed by atoms with Crippen LogP contribution < -0.4 is 15.2 Å². The molecule has 1 saturated heterocycles. The number of piperidine rings is 1. The van der Waals surface area contributed by atoms with Crippen molar-refractivity contribution in [3.05, 3.63) is 46.2 Å². The van der Waals surface area contributed by atoms with Gasteiger partial charge in [0.05, 0.1) is 13.2 Å². The molecule has 0 amide bonds. The van der Waals surface area contributed by atoms with Crippen LogP contribution in [0.15, 0.2) is 35.1 Å². The second-order valence-corrected chi connectivity index (χ2v) is 7.80. The van der Waals surface area contributed by atoms with Crippen LogP contribution in [0.2, 0.25) is 0 Å². The minimum Gasteiger partial charge on any atom is -0.462 e. The highest BCUT2D eigenvalue weighted by molar-refractivity contribution is 5.74. The number of hydrogen-bond donors (Lipinski definition) is 1. The molecule has 1 fully saturated rings. The van der Waals surface area contributed by atoms with Crippen molar-refractivity contribution in [3.8, 4) is 17.9 Å². The molecule has 168 valence electrons. The number of ether oxygens (including phenoxy) is 1. The first kappa shape index (κ1) is 21.9. The van der Waals surface area contributed by atoms with Gasteiger partial charge in [0.25, 0.3) is 5.56 Å². The first-order chi connectivity index (χ1) is 15.7. The summed E-state index contributed by atoms with van der Waals surface area (Å²) in [7, 11) is 0. The molecule has 3 aromatic rings. The minimum absolute atomic E-state index is 0.0598. The zero-order chi connectivity index (χ0) is 22.3. The van der Waals surface area contributed by atoms with Crippen LogP contribution in [-0.2, 0) is 19.5 Å². The Bertz CT molecular complexity index is 1170. The standard InChI is InChI=1S/C24H29N5O3/c1-2-3-15-28-20-21(25-23(28)27-13-8-5-9-14-27)26-24(32-18-17-30)29(22(20)31)16-12-19-10-6-4-7-11-19/h4,6-7,10-11,30H,5,8-9,12-18H2,1H3. The quantitative estimate of drug-likeness (QED) is 0.546. The maximum Gasteiger partial charge on any atom is 0.301 e. The van der Waals surface area contributed by atoms with Crippen molar-refractivity contribution in [2.45, 2.75) is 45.7 Å². The van der Waals surface area contributed by atoms with E-state index in [9.17, 15) is 9.90 Å². The van der Waals surface area contributed by atoms with Crippen molar-refractivity contribution >= 4 is 17.1 Å². The Morgan fingerprint density at radius 2 is 1.88 bits per heavy atom. The van der Waals surface area contributed by atoms with E-state index in [1.807, 2.05) is 34.9 Å². The fourth-order valence-corrected chi connectivity index (χ4v) is 4.06. The van der Waals surface area contributed by atoms with Crippen LogP contribution in [-0.4, -0.2) is 50.5 Å². The van der Waals surface area contributed by atoms with Crippen molar-refractivity contribution < 1.29 is 9.84 Å². The second-order valence-electron chi connectivity index (χ2n) is 7.80. The topological polar surface area (TPSA) is 85.4 Å². The van der Waals surface area contributed by atoms with Crippen LogP contribution in [0.25, 0.3) is 11.2 Å². The van der Waals surface area contributed by atoms with Gasteiger partial charge < -0.3 is 14.7 Å². The molecule has 0 radical (unpaired) electrons. The van der Waals surface area contributed by atoms with E-state index in [2.05, 4.69) is 21.7 Å². The number of hydrogen-bond acceptors (Lipinski definition) is 6. The Morgan fingerprint density at radius 3 is 2.59 bits per heavy atom. The number of fused-ring (bicyclic) bond motifs is 1. The molecule has 1 aliphatic rings. The number of aryl methyl sites for hydroxylation is 1. The average Bonchev–Trinajstić information content (AvgIpc) is 3.20. The van der Waals surface area contributed by atoms with E-state index < -0.39 is 0 Å². The van der Waals surface area contributed by atoms with Gasteiger partial charge in [-0.15, -0.1) is 5.92 Å². The first-order valence-corrected chi connectivity index (χ1v) is 11.2. The van der Waals surface area contributed by atoms with Crippen molar-refractivity contribution in [3.63, 3.8) is 0 Å². The van der Waals surface area contributed by atoms with Gasteiger partial charge in [-0.25, -0.2) is 0 Å². The van der Waals surface area contributed by atoms with Crippen LogP contribution in [0, 0.1) is 11.8 Å². The summed E-state index contributed by atoms with van der Waals surface area (Å²) in [4.78, 5) is 25.2. The van der Waals surface area contributed by atoms with Gasteiger partial charge in [-0.2, -0.15) is 9.97 Å². The fourth-order valence-electron chi connectivity index (χ4n) is 4.06. The molecule has 0 atom stereocenters. The third-order valence-corrected chi connectivity index (χ3v) is 5.65. The van der Waals surface area contributed by atoms with E-state index in [0.717, 1.165) is 37.4 Å². The minimum atomic E-state index is -0.201.